The number of hydrogen-bond donors (Lipinski definition) is 0. The second-order valence-corrected chi connectivity index (χ2v) is 11.2. The molecular formula is C15H34P+. The van der Waals surface area contributed by atoms with Crippen molar-refractivity contribution in [2.24, 2.45) is 0 Å². The molecule has 98 valence electrons. The van der Waals surface area contributed by atoms with Crippen molar-refractivity contribution in [3.63, 3.8) is 0 Å². The number of hydrogen-bond acceptors (Lipinski definition) is 0. The Kier molecular flexibility index (Phi) is 10.9. The Bertz CT molecular complexity index is 135. The molecule has 0 amide bonds. The van der Waals surface area contributed by atoms with E-state index in [2.05, 4.69) is 26.9 Å². The quantitative estimate of drug-likeness (QED) is 0.318. The zero-order valence-corrected chi connectivity index (χ0v) is 13.1. The second-order valence-electron chi connectivity index (χ2n) is 6.20. The molecule has 0 aromatic rings. The molecule has 0 bridgehead atoms. The van der Waals surface area contributed by atoms with E-state index in [-0.39, 0.29) is 0 Å². The van der Waals surface area contributed by atoms with Crippen LogP contribution in [0.25, 0.3) is 0 Å². The fourth-order valence-corrected chi connectivity index (χ4v) is 3.25. The van der Waals surface area contributed by atoms with Gasteiger partial charge in [0.2, 0.25) is 0 Å². The van der Waals surface area contributed by atoms with Crippen LogP contribution in [0.2, 0.25) is 0 Å². The number of unbranched alkanes of at least 4 members (excludes halogenated alkanes) is 9. The van der Waals surface area contributed by atoms with Gasteiger partial charge in [-0.25, -0.2) is 0 Å². The molecule has 0 saturated heterocycles. The first-order chi connectivity index (χ1) is 7.56. The van der Waals surface area contributed by atoms with Crippen LogP contribution in [-0.2, 0) is 0 Å². The van der Waals surface area contributed by atoms with Gasteiger partial charge in [0, 0.05) is 27.3 Å². The standard InChI is InChI=1S/C15H34P/c1-5-6-7-8-9-10-11-12-13-14-15-16(2,3)4/h5-15H2,1-4H3/q+1. The predicted molar refractivity (Wildman–Crippen MR) is 81.4 cm³/mol. The molecule has 0 unspecified atom stereocenters. The molecule has 0 spiro atoms. The molecule has 0 N–H and O–H groups in total. The molecule has 0 aliphatic rings. The molecule has 1 heteroatoms. The molecule has 0 heterocycles. The van der Waals surface area contributed by atoms with Crippen LogP contribution in [-0.4, -0.2) is 26.2 Å². The lowest BCUT2D eigenvalue weighted by atomic mass is 10.1. The van der Waals surface area contributed by atoms with Gasteiger partial charge < -0.3 is 0 Å². The van der Waals surface area contributed by atoms with Crippen LogP contribution in [0.1, 0.15) is 71.1 Å². The minimum Gasteiger partial charge on any atom is -0.0654 e. The van der Waals surface area contributed by atoms with Gasteiger partial charge in [-0.3, -0.25) is 0 Å². The van der Waals surface area contributed by atoms with E-state index in [1.807, 2.05) is 0 Å². The van der Waals surface area contributed by atoms with E-state index in [1.54, 1.807) is 0 Å². The molecule has 0 aromatic heterocycles. The Balaban J connectivity index is 2.99. The van der Waals surface area contributed by atoms with Gasteiger partial charge in [0.15, 0.2) is 0 Å². The minimum absolute atomic E-state index is 0.490. The summed E-state index contributed by atoms with van der Waals surface area (Å²) in [4.78, 5) is 0. The monoisotopic (exact) mass is 245 g/mol. The maximum Gasteiger partial charge on any atom is 0.0586 e. The molecule has 0 fully saturated rings. The maximum absolute atomic E-state index is 2.46. The SMILES string of the molecule is CCCCCCCCCCCC[P+](C)(C)C. The summed E-state index contributed by atoms with van der Waals surface area (Å²) < 4.78 is 0. The summed E-state index contributed by atoms with van der Waals surface area (Å²) in [5.41, 5.74) is 0. The molecule has 0 saturated carbocycles. The molecule has 0 radical (unpaired) electrons. The highest BCUT2D eigenvalue weighted by molar-refractivity contribution is 7.73. The van der Waals surface area contributed by atoms with Gasteiger partial charge in [-0.2, -0.15) is 0 Å². The molecular weight excluding hydrogens is 211 g/mol. The van der Waals surface area contributed by atoms with E-state index in [0.717, 1.165) is 0 Å². The van der Waals surface area contributed by atoms with Crippen LogP contribution in [0.5, 0.6) is 0 Å². The summed E-state index contributed by atoms with van der Waals surface area (Å²) in [5.74, 6) is 0. The van der Waals surface area contributed by atoms with Gasteiger partial charge >= 0.3 is 0 Å². The zero-order valence-electron chi connectivity index (χ0n) is 12.2. The lowest BCUT2D eigenvalue weighted by Crippen LogP contribution is -1.92. The predicted octanol–water partition coefficient (Wildman–Crippen LogP) is 5.81. The second kappa shape index (κ2) is 10.6. The first-order valence-electron chi connectivity index (χ1n) is 7.36. The molecule has 0 rings (SSSR count). The fourth-order valence-electron chi connectivity index (χ4n) is 2.07. The van der Waals surface area contributed by atoms with E-state index in [0.29, 0.717) is 0 Å². The Morgan fingerprint density at radius 1 is 0.562 bits per heavy atom. The zero-order chi connectivity index (χ0) is 12.3. The lowest BCUT2D eigenvalue weighted by Gasteiger charge is -2.10. The summed E-state index contributed by atoms with van der Waals surface area (Å²) in [6.07, 6.45) is 16.1. The summed E-state index contributed by atoms with van der Waals surface area (Å²) in [5, 5.41) is 0. The lowest BCUT2D eigenvalue weighted by molar-refractivity contribution is 0.562. The first kappa shape index (κ1) is 16.4. The fraction of sp³-hybridized carbons (Fsp3) is 1.00. The summed E-state index contributed by atoms with van der Waals surface area (Å²) in [6.45, 7) is 9.67. The van der Waals surface area contributed by atoms with Crippen molar-refractivity contribution >= 4 is 7.26 Å². The molecule has 0 atom stereocenters. The van der Waals surface area contributed by atoms with Gasteiger partial charge in [-0.1, -0.05) is 58.3 Å². The van der Waals surface area contributed by atoms with Crippen molar-refractivity contribution in [1.82, 2.24) is 0 Å². The maximum atomic E-state index is 2.46. The van der Waals surface area contributed by atoms with E-state index >= 15 is 0 Å². The first-order valence-corrected chi connectivity index (χ1v) is 10.7. The smallest absolute Gasteiger partial charge is 0.0586 e. The Morgan fingerprint density at radius 3 is 1.31 bits per heavy atom. The van der Waals surface area contributed by atoms with Crippen molar-refractivity contribution in [2.75, 3.05) is 26.2 Å². The molecule has 0 aliphatic heterocycles. The summed E-state index contributed by atoms with van der Waals surface area (Å²) >= 11 is 0. The van der Waals surface area contributed by atoms with E-state index in [1.165, 1.54) is 70.4 Å². The average molecular weight is 245 g/mol. The highest BCUT2D eigenvalue weighted by Crippen LogP contribution is 2.47. The minimum atomic E-state index is -0.490. The van der Waals surface area contributed by atoms with Crippen molar-refractivity contribution in [3.8, 4) is 0 Å². The van der Waals surface area contributed by atoms with Gasteiger partial charge in [0.05, 0.1) is 6.16 Å². The highest BCUT2D eigenvalue weighted by Gasteiger charge is 2.15. The normalized spacial score (nSPS) is 12.0. The molecule has 0 aliphatic carbocycles. The van der Waals surface area contributed by atoms with Crippen LogP contribution >= 0.6 is 7.26 Å². The van der Waals surface area contributed by atoms with E-state index in [4.69, 9.17) is 0 Å². The van der Waals surface area contributed by atoms with Crippen molar-refractivity contribution in [3.05, 3.63) is 0 Å². The highest BCUT2D eigenvalue weighted by atomic mass is 31.2. The van der Waals surface area contributed by atoms with Gasteiger partial charge in [0.1, 0.15) is 0 Å². The summed E-state index contributed by atoms with van der Waals surface area (Å²) in [7, 11) is -0.490. The van der Waals surface area contributed by atoms with Gasteiger partial charge in [0.25, 0.3) is 0 Å². The Labute approximate surface area is 105 Å². The topological polar surface area (TPSA) is 0 Å². The Morgan fingerprint density at radius 2 is 0.938 bits per heavy atom. The van der Waals surface area contributed by atoms with Crippen LogP contribution < -0.4 is 0 Å². The Hall–Kier alpha value is 0.430. The average Bonchev–Trinajstić information content (AvgIpc) is 2.19. The van der Waals surface area contributed by atoms with Crippen LogP contribution in [0.15, 0.2) is 0 Å². The molecule has 16 heavy (non-hydrogen) atoms. The third-order valence-corrected chi connectivity index (χ3v) is 4.84. The largest absolute Gasteiger partial charge is 0.0654 e. The van der Waals surface area contributed by atoms with Crippen LogP contribution in [0, 0.1) is 0 Å². The molecule has 0 aromatic carbocycles. The third kappa shape index (κ3) is 14.4. The molecule has 0 nitrogen and oxygen atoms in total. The van der Waals surface area contributed by atoms with Crippen LogP contribution in [0.3, 0.4) is 0 Å². The van der Waals surface area contributed by atoms with E-state index < -0.39 is 7.26 Å². The van der Waals surface area contributed by atoms with Crippen molar-refractivity contribution < 1.29 is 0 Å². The summed E-state index contributed by atoms with van der Waals surface area (Å²) in [6, 6.07) is 0. The third-order valence-electron chi connectivity index (χ3n) is 3.18. The van der Waals surface area contributed by atoms with Crippen molar-refractivity contribution in [2.45, 2.75) is 71.1 Å². The van der Waals surface area contributed by atoms with Crippen molar-refractivity contribution in [1.29, 1.82) is 0 Å². The van der Waals surface area contributed by atoms with E-state index in [9.17, 15) is 0 Å². The van der Waals surface area contributed by atoms with Gasteiger partial charge in [-0.15, -0.1) is 0 Å². The number of rotatable bonds is 11. The van der Waals surface area contributed by atoms with Crippen LogP contribution in [0.4, 0.5) is 0 Å². The van der Waals surface area contributed by atoms with Gasteiger partial charge in [-0.05, 0) is 12.8 Å².